The molecular formula is C20H32N2O2. The normalized spacial score (nSPS) is 21.5. The van der Waals surface area contributed by atoms with Gasteiger partial charge in [-0.1, -0.05) is 26.0 Å². The Kier molecular flexibility index (Phi) is 7.57. The average Bonchev–Trinajstić information content (AvgIpc) is 2.56. The summed E-state index contributed by atoms with van der Waals surface area (Å²) in [6, 6.07) is 7.91. The number of aryl methyl sites for hydroxylation is 1. The number of amides is 1. The fourth-order valence-corrected chi connectivity index (χ4v) is 3.64. The first-order valence-corrected chi connectivity index (χ1v) is 9.18. The number of nitrogens with zero attached hydrogens (tertiary/aromatic N) is 1. The van der Waals surface area contributed by atoms with E-state index in [0.717, 1.165) is 43.5 Å². The highest BCUT2D eigenvalue weighted by Crippen LogP contribution is 2.20. The Bertz CT molecular complexity index is 491. The van der Waals surface area contributed by atoms with Crippen molar-refractivity contribution in [3.05, 3.63) is 29.8 Å². The van der Waals surface area contributed by atoms with Crippen LogP contribution in [0.3, 0.4) is 0 Å². The molecule has 1 fully saturated rings. The quantitative estimate of drug-likeness (QED) is 0.744. The smallest absolute Gasteiger partial charge is 0.220 e. The highest BCUT2D eigenvalue weighted by Gasteiger charge is 2.20. The summed E-state index contributed by atoms with van der Waals surface area (Å²) in [4.78, 5) is 14.5. The topological polar surface area (TPSA) is 41.6 Å². The van der Waals surface area contributed by atoms with Crippen LogP contribution < -0.4 is 10.1 Å². The van der Waals surface area contributed by atoms with Gasteiger partial charge in [-0.3, -0.25) is 4.79 Å². The molecule has 2 rings (SSSR count). The van der Waals surface area contributed by atoms with E-state index in [9.17, 15) is 4.79 Å². The summed E-state index contributed by atoms with van der Waals surface area (Å²) in [6.45, 7) is 8.95. The van der Waals surface area contributed by atoms with Gasteiger partial charge in [-0.2, -0.15) is 0 Å². The Labute approximate surface area is 146 Å². The van der Waals surface area contributed by atoms with Crippen molar-refractivity contribution in [2.24, 2.45) is 11.8 Å². The van der Waals surface area contributed by atoms with E-state index in [4.69, 9.17) is 4.74 Å². The van der Waals surface area contributed by atoms with E-state index in [2.05, 4.69) is 24.1 Å². The van der Waals surface area contributed by atoms with Crippen molar-refractivity contribution >= 4 is 5.91 Å². The molecule has 1 N–H and O–H groups in total. The lowest BCUT2D eigenvalue weighted by Crippen LogP contribution is -2.40. The van der Waals surface area contributed by atoms with Gasteiger partial charge in [0, 0.05) is 26.1 Å². The molecule has 4 heteroatoms. The number of benzene rings is 1. The van der Waals surface area contributed by atoms with Crippen molar-refractivity contribution in [1.82, 2.24) is 10.2 Å². The second-order valence-electron chi connectivity index (χ2n) is 7.26. The maximum Gasteiger partial charge on any atom is 0.220 e. The van der Waals surface area contributed by atoms with Crippen LogP contribution in [0.15, 0.2) is 24.3 Å². The van der Waals surface area contributed by atoms with E-state index < -0.39 is 0 Å². The van der Waals surface area contributed by atoms with Crippen LogP contribution in [-0.4, -0.2) is 44.1 Å². The number of hydrogen-bond donors (Lipinski definition) is 1. The van der Waals surface area contributed by atoms with Gasteiger partial charge in [-0.05, 0) is 55.3 Å². The molecular weight excluding hydrogens is 300 g/mol. The van der Waals surface area contributed by atoms with Gasteiger partial charge in [0.2, 0.25) is 5.91 Å². The lowest BCUT2D eigenvalue weighted by atomic mass is 9.92. The molecule has 0 radical (unpaired) electrons. The molecule has 24 heavy (non-hydrogen) atoms. The fourth-order valence-electron chi connectivity index (χ4n) is 3.64. The molecule has 0 unspecified atom stereocenters. The Balaban J connectivity index is 1.57. The number of piperidine rings is 1. The Morgan fingerprint density at radius 2 is 1.88 bits per heavy atom. The number of ether oxygens (including phenoxy) is 1. The minimum absolute atomic E-state index is 0.145. The molecule has 1 aromatic rings. The molecule has 0 bridgehead atoms. The first kappa shape index (κ1) is 18.8. The van der Waals surface area contributed by atoms with Gasteiger partial charge in [0.05, 0.1) is 7.11 Å². The number of methoxy groups -OCH3 is 1. The van der Waals surface area contributed by atoms with E-state index in [0.29, 0.717) is 6.42 Å². The predicted octanol–water partition coefficient (Wildman–Crippen LogP) is 3.11. The summed E-state index contributed by atoms with van der Waals surface area (Å²) in [6.07, 6.45) is 3.70. The molecule has 2 atom stereocenters. The number of rotatable bonds is 8. The van der Waals surface area contributed by atoms with Crippen molar-refractivity contribution in [3.63, 3.8) is 0 Å². The van der Waals surface area contributed by atoms with Crippen LogP contribution in [0.2, 0.25) is 0 Å². The Morgan fingerprint density at radius 1 is 1.21 bits per heavy atom. The monoisotopic (exact) mass is 332 g/mol. The molecule has 0 aliphatic carbocycles. The van der Waals surface area contributed by atoms with Crippen LogP contribution in [0.5, 0.6) is 5.75 Å². The Morgan fingerprint density at radius 3 is 2.50 bits per heavy atom. The van der Waals surface area contributed by atoms with Crippen molar-refractivity contribution in [1.29, 1.82) is 0 Å². The molecule has 0 spiro atoms. The van der Waals surface area contributed by atoms with Crippen LogP contribution in [0.4, 0.5) is 0 Å². The minimum Gasteiger partial charge on any atom is -0.497 e. The zero-order valence-electron chi connectivity index (χ0n) is 15.4. The van der Waals surface area contributed by atoms with Crippen molar-refractivity contribution < 1.29 is 9.53 Å². The molecule has 0 aromatic heterocycles. The first-order valence-electron chi connectivity index (χ1n) is 9.18. The summed E-state index contributed by atoms with van der Waals surface area (Å²) in [7, 11) is 1.66. The summed E-state index contributed by atoms with van der Waals surface area (Å²) in [5.74, 6) is 2.59. The molecule has 1 heterocycles. The molecule has 0 saturated carbocycles. The standard InChI is InChI=1S/C20H32N2O2/c1-16-13-17(2)15-22(14-16)12-4-11-21-20(23)10-7-18-5-8-19(24-3)9-6-18/h5-6,8-9,16-17H,4,7,10-15H2,1-3H3,(H,21,23)/t16-,17-/m1/s1. The third kappa shape index (κ3) is 6.52. The molecule has 1 aliphatic rings. The lowest BCUT2D eigenvalue weighted by Gasteiger charge is -2.34. The molecule has 1 aromatic carbocycles. The van der Waals surface area contributed by atoms with E-state index in [1.54, 1.807) is 7.11 Å². The third-order valence-corrected chi connectivity index (χ3v) is 4.72. The van der Waals surface area contributed by atoms with Gasteiger partial charge in [0.15, 0.2) is 0 Å². The second-order valence-corrected chi connectivity index (χ2v) is 7.26. The van der Waals surface area contributed by atoms with Gasteiger partial charge in [-0.15, -0.1) is 0 Å². The predicted molar refractivity (Wildman–Crippen MR) is 98.3 cm³/mol. The minimum atomic E-state index is 0.145. The maximum atomic E-state index is 11.9. The van der Waals surface area contributed by atoms with Gasteiger partial charge >= 0.3 is 0 Å². The molecule has 1 amide bonds. The first-order chi connectivity index (χ1) is 11.6. The zero-order chi connectivity index (χ0) is 17.4. The molecule has 1 saturated heterocycles. The zero-order valence-corrected chi connectivity index (χ0v) is 15.4. The Hall–Kier alpha value is -1.55. The van der Waals surface area contributed by atoms with E-state index in [-0.39, 0.29) is 5.91 Å². The van der Waals surface area contributed by atoms with Gasteiger partial charge in [0.25, 0.3) is 0 Å². The number of likely N-dealkylation sites (tertiary alicyclic amines) is 1. The lowest BCUT2D eigenvalue weighted by molar-refractivity contribution is -0.121. The highest BCUT2D eigenvalue weighted by molar-refractivity contribution is 5.76. The maximum absolute atomic E-state index is 11.9. The molecule has 1 aliphatic heterocycles. The summed E-state index contributed by atoms with van der Waals surface area (Å²) in [5.41, 5.74) is 1.17. The second kappa shape index (κ2) is 9.67. The van der Waals surface area contributed by atoms with Crippen LogP contribution in [-0.2, 0) is 11.2 Å². The van der Waals surface area contributed by atoms with Crippen molar-refractivity contribution in [2.45, 2.75) is 39.5 Å². The third-order valence-electron chi connectivity index (χ3n) is 4.72. The molecule has 4 nitrogen and oxygen atoms in total. The number of hydrogen-bond acceptors (Lipinski definition) is 3. The van der Waals surface area contributed by atoms with Crippen LogP contribution in [0.25, 0.3) is 0 Å². The van der Waals surface area contributed by atoms with Crippen LogP contribution >= 0.6 is 0 Å². The van der Waals surface area contributed by atoms with E-state index in [1.165, 1.54) is 25.1 Å². The summed E-state index contributed by atoms with van der Waals surface area (Å²) >= 11 is 0. The SMILES string of the molecule is COc1ccc(CCC(=O)NCCCN2C[C@H](C)C[C@@H](C)C2)cc1. The van der Waals surface area contributed by atoms with Crippen molar-refractivity contribution in [2.75, 3.05) is 33.3 Å². The number of nitrogens with one attached hydrogen (secondary N) is 1. The molecule has 134 valence electrons. The fraction of sp³-hybridized carbons (Fsp3) is 0.650. The van der Waals surface area contributed by atoms with Gasteiger partial charge < -0.3 is 15.0 Å². The van der Waals surface area contributed by atoms with Crippen LogP contribution in [0, 0.1) is 11.8 Å². The van der Waals surface area contributed by atoms with Gasteiger partial charge in [-0.25, -0.2) is 0 Å². The van der Waals surface area contributed by atoms with Crippen molar-refractivity contribution in [3.8, 4) is 5.75 Å². The van der Waals surface area contributed by atoms with Gasteiger partial charge in [0.1, 0.15) is 5.75 Å². The largest absolute Gasteiger partial charge is 0.497 e. The van der Waals surface area contributed by atoms with E-state index >= 15 is 0 Å². The van der Waals surface area contributed by atoms with E-state index in [1.807, 2.05) is 24.3 Å². The summed E-state index contributed by atoms with van der Waals surface area (Å²) < 4.78 is 5.14. The average molecular weight is 332 g/mol. The van der Waals surface area contributed by atoms with Crippen LogP contribution in [0.1, 0.15) is 38.7 Å². The number of carbonyl (C=O) groups is 1. The number of carbonyl (C=O) groups excluding carboxylic acids is 1. The highest BCUT2D eigenvalue weighted by atomic mass is 16.5. The summed E-state index contributed by atoms with van der Waals surface area (Å²) in [5, 5.41) is 3.05.